The second-order valence-electron chi connectivity index (χ2n) is 3.75. The zero-order chi connectivity index (χ0) is 12.3. The van der Waals surface area contributed by atoms with Crippen LogP contribution in [0.5, 0.6) is 0 Å². The third-order valence-corrected chi connectivity index (χ3v) is 3.71. The topological polar surface area (TPSA) is 63.8 Å². The van der Waals surface area contributed by atoms with Crippen LogP contribution in [-0.2, 0) is 6.42 Å². The average Bonchev–Trinajstić information content (AvgIpc) is 2.76. The lowest BCUT2D eigenvalue weighted by atomic mass is 10.2. The molecule has 0 bridgehead atoms. The van der Waals surface area contributed by atoms with Crippen LogP contribution in [0.15, 0.2) is 28.2 Å². The van der Waals surface area contributed by atoms with Gasteiger partial charge in [0.25, 0.3) is 0 Å². The summed E-state index contributed by atoms with van der Waals surface area (Å²) in [6, 6.07) is 4.48. The summed E-state index contributed by atoms with van der Waals surface area (Å²) in [7, 11) is 0. The highest BCUT2D eigenvalue weighted by Gasteiger charge is 2.08. The predicted molar refractivity (Wildman–Crippen MR) is 75.3 cm³/mol. The van der Waals surface area contributed by atoms with E-state index in [0.717, 1.165) is 16.7 Å². The maximum atomic E-state index is 5.56. The minimum atomic E-state index is 0.277. The van der Waals surface area contributed by atoms with Crippen LogP contribution in [-0.4, -0.2) is 16.0 Å². The third kappa shape index (κ3) is 3.41. The Kier molecular flexibility index (Phi) is 3.96. The van der Waals surface area contributed by atoms with Crippen LogP contribution in [0, 0.1) is 0 Å². The van der Waals surface area contributed by atoms with E-state index in [-0.39, 0.29) is 5.95 Å². The van der Waals surface area contributed by atoms with Crippen molar-refractivity contribution in [3.8, 4) is 0 Å². The Morgan fingerprint density at radius 1 is 1.59 bits per heavy atom. The first kappa shape index (κ1) is 12.3. The van der Waals surface area contributed by atoms with Gasteiger partial charge in [0, 0.05) is 23.5 Å². The van der Waals surface area contributed by atoms with Gasteiger partial charge in [-0.25, -0.2) is 4.98 Å². The Bertz CT molecular complexity index is 486. The third-order valence-electron chi connectivity index (χ3n) is 2.23. The standard InChI is InChI=1S/C11H13BrN4S/c1-7(5-8-3-2-4-17-8)15-10-9(12)6-14-11(13)16-10/h2-4,6-7H,5H2,1H3,(H3,13,14,15,16). The van der Waals surface area contributed by atoms with Gasteiger partial charge in [-0.3, -0.25) is 0 Å². The van der Waals surface area contributed by atoms with E-state index in [1.54, 1.807) is 17.5 Å². The van der Waals surface area contributed by atoms with Crippen LogP contribution in [0.25, 0.3) is 0 Å². The Labute approximate surface area is 112 Å². The van der Waals surface area contributed by atoms with Crippen molar-refractivity contribution in [3.05, 3.63) is 33.1 Å². The second-order valence-corrected chi connectivity index (χ2v) is 5.64. The summed E-state index contributed by atoms with van der Waals surface area (Å²) in [4.78, 5) is 9.41. The number of hydrogen-bond donors (Lipinski definition) is 2. The number of rotatable bonds is 4. The lowest BCUT2D eigenvalue weighted by molar-refractivity contribution is 0.793. The number of halogens is 1. The number of nitrogen functional groups attached to an aromatic ring is 1. The van der Waals surface area contributed by atoms with E-state index in [1.165, 1.54) is 4.88 Å². The van der Waals surface area contributed by atoms with E-state index < -0.39 is 0 Å². The van der Waals surface area contributed by atoms with Gasteiger partial charge in [0.05, 0.1) is 4.47 Å². The van der Waals surface area contributed by atoms with Gasteiger partial charge in [0.1, 0.15) is 5.82 Å². The largest absolute Gasteiger partial charge is 0.368 e. The molecule has 0 amide bonds. The highest BCUT2D eigenvalue weighted by Crippen LogP contribution is 2.21. The molecule has 1 atom stereocenters. The predicted octanol–water partition coefficient (Wildman–Crippen LogP) is 2.93. The molecule has 0 aromatic carbocycles. The van der Waals surface area contributed by atoms with Gasteiger partial charge in [-0.15, -0.1) is 11.3 Å². The van der Waals surface area contributed by atoms with E-state index in [1.807, 2.05) is 0 Å². The number of nitrogens with one attached hydrogen (secondary N) is 1. The van der Waals surface area contributed by atoms with Crippen molar-refractivity contribution in [3.63, 3.8) is 0 Å². The average molecular weight is 313 g/mol. The molecule has 0 fully saturated rings. The van der Waals surface area contributed by atoms with Gasteiger partial charge in [-0.1, -0.05) is 6.07 Å². The lowest BCUT2D eigenvalue weighted by Gasteiger charge is -2.14. The molecule has 4 nitrogen and oxygen atoms in total. The molecular weight excluding hydrogens is 300 g/mol. The van der Waals surface area contributed by atoms with Crippen molar-refractivity contribution in [2.75, 3.05) is 11.1 Å². The molecule has 0 aliphatic carbocycles. The van der Waals surface area contributed by atoms with Gasteiger partial charge in [0.15, 0.2) is 0 Å². The minimum absolute atomic E-state index is 0.277. The van der Waals surface area contributed by atoms with Gasteiger partial charge in [-0.2, -0.15) is 4.98 Å². The molecule has 1 unspecified atom stereocenters. The Morgan fingerprint density at radius 2 is 2.41 bits per heavy atom. The first-order chi connectivity index (χ1) is 8.15. The van der Waals surface area contributed by atoms with Crippen LogP contribution < -0.4 is 11.1 Å². The highest BCUT2D eigenvalue weighted by molar-refractivity contribution is 9.10. The fourth-order valence-corrected chi connectivity index (χ4v) is 2.64. The molecule has 0 saturated heterocycles. The number of hydrogen-bond acceptors (Lipinski definition) is 5. The zero-order valence-corrected chi connectivity index (χ0v) is 11.8. The molecule has 2 heterocycles. The molecule has 0 saturated carbocycles. The normalized spacial score (nSPS) is 12.4. The quantitative estimate of drug-likeness (QED) is 0.911. The minimum Gasteiger partial charge on any atom is -0.368 e. The fraction of sp³-hybridized carbons (Fsp3) is 0.273. The van der Waals surface area contributed by atoms with E-state index in [9.17, 15) is 0 Å². The molecule has 0 aliphatic heterocycles. The van der Waals surface area contributed by atoms with Crippen molar-refractivity contribution in [2.45, 2.75) is 19.4 Å². The van der Waals surface area contributed by atoms with Crippen LogP contribution in [0.4, 0.5) is 11.8 Å². The van der Waals surface area contributed by atoms with Crippen molar-refractivity contribution in [1.29, 1.82) is 0 Å². The molecule has 2 aromatic rings. The Balaban J connectivity index is 2.02. The van der Waals surface area contributed by atoms with Crippen LogP contribution in [0.1, 0.15) is 11.8 Å². The fourth-order valence-electron chi connectivity index (χ4n) is 1.50. The zero-order valence-electron chi connectivity index (χ0n) is 9.35. The lowest BCUT2D eigenvalue weighted by Crippen LogP contribution is -2.19. The first-order valence-corrected chi connectivity index (χ1v) is 6.89. The smallest absolute Gasteiger partial charge is 0.221 e. The number of nitrogens with zero attached hydrogens (tertiary/aromatic N) is 2. The molecule has 6 heteroatoms. The number of nitrogens with two attached hydrogens (primary N) is 1. The molecule has 2 rings (SSSR count). The van der Waals surface area contributed by atoms with Crippen LogP contribution in [0.2, 0.25) is 0 Å². The highest BCUT2D eigenvalue weighted by atomic mass is 79.9. The van der Waals surface area contributed by atoms with Gasteiger partial charge in [0.2, 0.25) is 5.95 Å². The van der Waals surface area contributed by atoms with E-state index >= 15 is 0 Å². The van der Waals surface area contributed by atoms with Gasteiger partial charge >= 0.3 is 0 Å². The van der Waals surface area contributed by atoms with E-state index in [0.29, 0.717) is 6.04 Å². The van der Waals surface area contributed by atoms with Crippen molar-refractivity contribution in [1.82, 2.24) is 9.97 Å². The molecular formula is C11H13BrN4S. The van der Waals surface area contributed by atoms with Crippen molar-refractivity contribution < 1.29 is 0 Å². The first-order valence-electron chi connectivity index (χ1n) is 5.22. The maximum Gasteiger partial charge on any atom is 0.221 e. The summed E-state index contributed by atoms with van der Waals surface area (Å²) < 4.78 is 0.824. The molecule has 0 radical (unpaired) electrons. The second kappa shape index (κ2) is 5.46. The molecule has 2 aromatic heterocycles. The molecule has 0 aliphatic rings. The van der Waals surface area contributed by atoms with Gasteiger partial charge in [-0.05, 0) is 34.3 Å². The summed E-state index contributed by atoms with van der Waals surface area (Å²) in [5.74, 6) is 1.01. The summed E-state index contributed by atoms with van der Waals surface area (Å²) >= 11 is 5.16. The Hall–Kier alpha value is -1.14. The van der Waals surface area contributed by atoms with Crippen LogP contribution >= 0.6 is 27.3 Å². The summed E-state index contributed by atoms with van der Waals surface area (Å²) in [5, 5.41) is 5.40. The molecule has 3 N–H and O–H groups in total. The number of anilines is 2. The molecule has 90 valence electrons. The number of aromatic nitrogens is 2. The molecule has 0 spiro atoms. The van der Waals surface area contributed by atoms with Crippen molar-refractivity contribution >= 4 is 39.0 Å². The SMILES string of the molecule is CC(Cc1cccs1)Nc1nc(N)ncc1Br. The Morgan fingerprint density at radius 3 is 3.12 bits per heavy atom. The van der Waals surface area contributed by atoms with E-state index in [2.05, 4.69) is 55.7 Å². The summed E-state index contributed by atoms with van der Waals surface area (Å²) in [6.07, 6.45) is 2.62. The van der Waals surface area contributed by atoms with Gasteiger partial charge < -0.3 is 11.1 Å². The monoisotopic (exact) mass is 312 g/mol. The maximum absolute atomic E-state index is 5.56. The molecule has 17 heavy (non-hydrogen) atoms. The number of thiophene rings is 1. The van der Waals surface area contributed by atoms with E-state index in [4.69, 9.17) is 5.73 Å². The summed E-state index contributed by atoms with van der Waals surface area (Å²) in [5.41, 5.74) is 5.56. The van der Waals surface area contributed by atoms with Crippen molar-refractivity contribution in [2.24, 2.45) is 0 Å². The van der Waals surface area contributed by atoms with Crippen LogP contribution in [0.3, 0.4) is 0 Å². The summed E-state index contributed by atoms with van der Waals surface area (Å²) in [6.45, 7) is 2.12.